The first kappa shape index (κ1) is 14.2. The lowest BCUT2D eigenvalue weighted by molar-refractivity contribution is -0.136. The average Bonchev–Trinajstić information content (AvgIpc) is 2.86. The maximum absolute atomic E-state index is 11.2. The molecule has 0 aliphatic heterocycles. The molecule has 0 amide bonds. The van der Waals surface area contributed by atoms with Crippen LogP contribution < -0.4 is 0 Å². The normalized spacial score (nSPS) is 17.8. The molecule has 17 heavy (non-hydrogen) atoms. The highest BCUT2D eigenvalue weighted by molar-refractivity contribution is 5.87. The summed E-state index contributed by atoms with van der Waals surface area (Å²) in [5.74, 6) is -0.277. The van der Waals surface area contributed by atoms with Crippen LogP contribution in [0.3, 0.4) is 0 Å². The number of carbonyl (C=O) groups excluding carboxylic acids is 1. The van der Waals surface area contributed by atoms with Gasteiger partial charge >= 0.3 is 5.97 Å². The Hall–Kier alpha value is -0.870. The number of ether oxygens (including phenoxy) is 1. The zero-order valence-electron chi connectivity index (χ0n) is 10.8. The molecular formula is C13H23NO3. The monoisotopic (exact) mass is 241 g/mol. The summed E-state index contributed by atoms with van der Waals surface area (Å²) in [6, 6.07) is 0.559. The largest absolute Gasteiger partial charge is 0.466 e. The zero-order chi connectivity index (χ0) is 12.7. The molecule has 0 radical (unpaired) electrons. The van der Waals surface area contributed by atoms with Gasteiger partial charge in [-0.05, 0) is 19.8 Å². The Bertz CT molecular complexity index is 270. The summed E-state index contributed by atoms with van der Waals surface area (Å²) in [4.78, 5) is 13.5. The highest BCUT2D eigenvalue weighted by atomic mass is 16.5. The summed E-state index contributed by atoms with van der Waals surface area (Å²) >= 11 is 0. The molecule has 4 heteroatoms. The molecule has 0 aromatic carbocycles. The van der Waals surface area contributed by atoms with Gasteiger partial charge in [-0.3, -0.25) is 4.90 Å². The Morgan fingerprint density at radius 2 is 2.12 bits per heavy atom. The van der Waals surface area contributed by atoms with Crippen LogP contribution in [0.5, 0.6) is 0 Å². The Morgan fingerprint density at radius 1 is 1.47 bits per heavy atom. The SMILES string of the molecule is COC(=O)C(C)=CCN(CCO)C1CCCC1. The molecule has 0 saturated heterocycles. The van der Waals surface area contributed by atoms with Gasteiger partial charge in [-0.15, -0.1) is 0 Å². The van der Waals surface area contributed by atoms with Crippen molar-refractivity contribution in [2.24, 2.45) is 0 Å². The third-order valence-electron chi connectivity index (χ3n) is 3.37. The molecule has 1 fully saturated rings. The van der Waals surface area contributed by atoms with E-state index in [1.807, 2.05) is 6.08 Å². The van der Waals surface area contributed by atoms with Crippen LogP contribution in [-0.4, -0.2) is 48.8 Å². The third-order valence-corrected chi connectivity index (χ3v) is 3.37. The number of aliphatic hydroxyl groups excluding tert-OH is 1. The molecule has 1 aliphatic rings. The van der Waals surface area contributed by atoms with Crippen LogP contribution in [0.4, 0.5) is 0 Å². The Morgan fingerprint density at radius 3 is 2.65 bits per heavy atom. The smallest absolute Gasteiger partial charge is 0.333 e. The van der Waals surface area contributed by atoms with Crippen molar-refractivity contribution in [2.45, 2.75) is 38.6 Å². The minimum absolute atomic E-state index is 0.168. The number of esters is 1. The molecule has 0 unspecified atom stereocenters. The van der Waals surface area contributed by atoms with Gasteiger partial charge in [0.25, 0.3) is 0 Å². The number of carbonyl (C=O) groups is 1. The van der Waals surface area contributed by atoms with Crippen LogP contribution in [0.1, 0.15) is 32.6 Å². The van der Waals surface area contributed by atoms with Crippen LogP contribution in [0.2, 0.25) is 0 Å². The van der Waals surface area contributed by atoms with E-state index in [1.54, 1.807) is 6.92 Å². The molecule has 0 spiro atoms. The quantitative estimate of drug-likeness (QED) is 0.563. The van der Waals surface area contributed by atoms with E-state index < -0.39 is 0 Å². The highest BCUT2D eigenvalue weighted by Crippen LogP contribution is 2.23. The lowest BCUT2D eigenvalue weighted by atomic mass is 10.2. The second-order valence-electron chi connectivity index (χ2n) is 4.54. The van der Waals surface area contributed by atoms with Crippen molar-refractivity contribution in [3.05, 3.63) is 11.6 Å². The molecule has 0 atom stereocenters. The molecular weight excluding hydrogens is 218 g/mol. The predicted octanol–water partition coefficient (Wildman–Crippen LogP) is 1.34. The summed E-state index contributed by atoms with van der Waals surface area (Å²) in [5.41, 5.74) is 0.633. The van der Waals surface area contributed by atoms with Gasteiger partial charge in [0.05, 0.1) is 13.7 Å². The Balaban J connectivity index is 2.51. The van der Waals surface area contributed by atoms with E-state index in [0.717, 1.165) is 0 Å². The fourth-order valence-electron chi connectivity index (χ4n) is 2.32. The molecule has 0 aromatic heterocycles. The minimum atomic E-state index is -0.277. The number of aliphatic hydroxyl groups is 1. The van der Waals surface area contributed by atoms with Crippen molar-refractivity contribution in [1.29, 1.82) is 0 Å². The van der Waals surface area contributed by atoms with Gasteiger partial charge in [-0.25, -0.2) is 4.79 Å². The second-order valence-corrected chi connectivity index (χ2v) is 4.54. The number of nitrogens with zero attached hydrogens (tertiary/aromatic N) is 1. The third kappa shape index (κ3) is 4.48. The Kier molecular flexibility index (Phi) is 6.22. The molecule has 1 N–H and O–H groups in total. The van der Waals surface area contributed by atoms with Gasteiger partial charge in [-0.1, -0.05) is 18.9 Å². The number of rotatable bonds is 6. The molecule has 1 aliphatic carbocycles. The van der Waals surface area contributed by atoms with Crippen molar-refractivity contribution >= 4 is 5.97 Å². The molecule has 0 bridgehead atoms. The first-order valence-corrected chi connectivity index (χ1v) is 6.29. The van der Waals surface area contributed by atoms with Crippen LogP contribution in [0, 0.1) is 0 Å². The van der Waals surface area contributed by atoms with Gasteiger partial charge < -0.3 is 9.84 Å². The molecule has 98 valence electrons. The van der Waals surface area contributed by atoms with E-state index in [4.69, 9.17) is 5.11 Å². The minimum Gasteiger partial charge on any atom is -0.466 e. The van der Waals surface area contributed by atoms with Crippen LogP contribution in [-0.2, 0) is 9.53 Å². The summed E-state index contributed by atoms with van der Waals surface area (Å²) in [6.07, 6.45) is 6.83. The van der Waals surface area contributed by atoms with Crippen molar-refractivity contribution in [3.8, 4) is 0 Å². The fourth-order valence-corrected chi connectivity index (χ4v) is 2.32. The molecule has 0 heterocycles. The van der Waals surface area contributed by atoms with Gasteiger partial charge in [0, 0.05) is 24.7 Å². The van der Waals surface area contributed by atoms with Gasteiger partial charge in [-0.2, -0.15) is 0 Å². The van der Waals surface area contributed by atoms with E-state index in [0.29, 0.717) is 24.7 Å². The fraction of sp³-hybridized carbons (Fsp3) is 0.769. The number of hydrogen-bond donors (Lipinski definition) is 1. The van der Waals surface area contributed by atoms with Gasteiger partial charge in [0.1, 0.15) is 0 Å². The lowest BCUT2D eigenvalue weighted by Crippen LogP contribution is -2.36. The van der Waals surface area contributed by atoms with Crippen molar-refractivity contribution in [3.63, 3.8) is 0 Å². The van der Waals surface area contributed by atoms with E-state index in [-0.39, 0.29) is 12.6 Å². The molecule has 0 aromatic rings. The van der Waals surface area contributed by atoms with Crippen LogP contribution in [0.15, 0.2) is 11.6 Å². The maximum Gasteiger partial charge on any atom is 0.333 e. The molecule has 1 rings (SSSR count). The van der Waals surface area contributed by atoms with Crippen molar-refractivity contribution < 1.29 is 14.6 Å². The predicted molar refractivity (Wildman–Crippen MR) is 66.7 cm³/mol. The van der Waals surface area contributed by atoms with Crippen LogP contribution >= 0.6 is 0 Å². The molecule has 4 nitrogen and oxygen atoms in total. The van der Waals surface area contributed by atoms with Gasteiger partial charge in [0.15, 0.2) is 0 Å². The number of methoxy groups -OCH3 is 1. The highest BCUT2D eigenvalue weighted by Gasteiger charge is 2.21. The zero-order valence-corrected chi connectivity index (χ0v) is 10.8. The van der Waals surface area contributed by atoms with E-state index in [9.17, 15) is 4.79 Å². The van der Waals surface area contributed by atoms with Crippen molar-refractivity contribution in [2.75, 3.05) is 26.8 Å². The summed E-state index contributed by atoms with van der Waals surface area (Å²) in [5, 5.41) is 9.06. The number of hydrogen-bond acceptors (Lipinski definition) is 4. The maximum atomic E-state index is 11.2. The van der Waals surface area contributed by atoms with E-state index >= 15 is 0 Å². The first-order valence-electron chi connectivity index (χ1n) is 6.29. The molecule has 1 saturated carbocycles. The Labute approximate surface area is 103 Å². The van der Waals surface area contributed by atoms with E-state index in [2.05, 4.69) is 9.64 Å². The second kappa shape index (κ2) is 7.45. The van der Waals surface area contributed by atoms with Crippen LogP contribution in [0.25, 0.3) is 0 Å². The summed E-state index contributed by atoms with van der Waals surface area (Å²) < 4.78 is 4.65. The standard InChI is InChI=1S/C13H23NO3/c1-11(13(16)17-2)7-8-14(9-10-15)12-5-3-4-6-12/h7,12,15H,3-6,8-10H2,1-2H3. The first-order chi connectivity index (χ1) is 8.19. The lowest BCUT2D eigenvalue weighted by Gasteiger charge is -2.26. The topological polar surface area (TPSA) is 49.8 Å². The average molecular weight is 241 g/mol. The van der Waals surface area contributed by atoms with E-state index in [1.165, 1.54) is 32.8 Å². The summed E-state index contributed by atoms with van der Waals surface area (Å²) in [6.45, 7) is 3.32. The van der Waals surface area contributed by atoms with Gasteiger partial charge in [0.2, 0.25) is 0 Å². The van der Waals surface area contributed by atoms with Crippen molar-refractivity contribution in [1.82, 2.24) is 4.90 Å². The summed E-state index contributed by atoms with van der Waals surface area (Å²) in [7, 11) is 1.39.